The predicted octanol–water partition coefficient (Wildman–Crippen LogP) is 2.78. The standard InChI is InChI=1S/C15H18N2/c1-11-2-3-14-7-15(5-4-13(14)6-11)17-10-12-8-16-9-12/h2-7,12,16-17H,8-10H2,1H3. The van der Waals surface area contributed by atoms with Gasteiger partial charge in [0.2, 0.25) is 0 Å². The number of benzene rings is 2. The number of nitrogens with one attached hydrogen (secondary N) is 2. The summed E-state index contributed by atoms with van der Waals surface area (Å²) < 4.78 is 0. The summed E-state index contributed by atoms with van der Waals surface area (Å²) in [4.78, 5) is 0. The molecular formula is C15H18N2. The lowest BCUT2D eigenvalue weighted by molar-refractivity contribution is 0.365. The maximum absolute atomic E-state index is 3.51. The lowest BCUT2D eigenvalue weighted by atomic mass is 10.0. The molecule has 0 spiro atoms. The van der Waals surface area contributed by atoms with E-state index in [0.717, 1.165) is 25.6 Å². The highest BCUT2D eigenvalue weighted by Gasteiger charge is 2.15. The van der Waals surface area contributed by atoms with Crippen molar-refractivity contribution in [2.75, 3.05) is 25.0 Å². The zero-order valence-electron chi connectivity index (χ0n) is 10.2. The van der Waals surface area contributed by atoms with E-state index < -0.39 is 0 Å². The zero-order chi connectivity index (χ0) is 11.7. The van der Waals surface area contributed by atoms with E-state index in [1.807, 2.05) is 0 Å². The molecule has 0 aromatic heterocycles. The molecule has 3 rings (SSSR count). The highest BCUT2D eigenvalue weighted by molar-refractivity contribution is 5.86. The molecule has 17 heavy (non-hydrogen) atoms. The van der Waals surface area contributed by atoms with Crippen molar-refractivity contribution in [1.29, 1.82) is 0 Å². The van der Waals surface area contributed by atoms with Crippen LogP contribution in [0.5, 0.6) is 0 Å². The SMILES string of the molecule is Cc1ccc2cc(NCC3CNC3)ccc2c1. The number of fused-ring (bicyclic) bond motifs is 1. The van der Waals surface area contributed by atoms with Crippen LogP contribution in [-0.2, 0) is 0 Å². The van der Waals surface area contributed by atoms with Crippen molar-refractivity contribution in [2.24, 2.45) is 5.92 Å². The molecule has 2 aromatic rings. The van der Waals surface area contributed by atoms with E-state index in [1.54, 1.807) is 0 Å². The summed E-state index contributed by atoms with van der Waals surface area (Å²) in [6.45, 7) is 5.51. The molecule has 0 aliphatic carbocycles. The fourth-order valence-corrected chi connectivity index (χ4v) is 2.23. The quantitative estimate of drug-likeness (QED) is 0.841. The highest BCUT2D eigenvalue weighted by atomic mass is 15.0. The minimum Gasteiger partial charge on any atom is -0.385 e. The molecule has 0 amide bonds. The van der Waals surface area contributed by atoms with Crippen LogP contribution in [0.3, 0.4) is 0 Å². The Morgan fingerprint density at radius 2 is 1.88 bits per heavy atom. The van der Waals surface area contributed by atoms with Gasteiger partial charge in [-0.25, -0.2) is 0 Å². The van der Waals surface area contributed by atoms with Gasteiger partial charge in [-0.05, 0) is 29.8 Å². The Bertz CT molecular complexity index is 529. The molecule has 1 heterocycles. The predicted molar refractivity (Wildman–Crippen MR) is 73.5 cm³/mol. The first-order valence-corrected chi connectivity index (χ1v) is 6.26. The maximum atomic E-state index is 3.51. The van der Waals surface area contributed by atoms with Crippen molar-refractivity contribution in [3.8, 4) is 0 Å². The summed E-state index contributed by atoms with van der Waals surface area (Å²) in [5, 5.41) is 9.44. The first kappa shape index (κ1) is 10.6. The third kappa shape index (κ3) is 2.27. The normalized spacial score (nSPS) is 15.8. The first-order chi connectivity index (χ1) is 8.31. The van der Waals surface area contributed by atoms with Crippen molar-refractivity contribution >= 4 is 16.5 Å². The van der Waals surface area contributed by atoms with E-state index in [1.165, 1.54) is 22.0 Å². The van der Waals surface area contributed by atoms with Gasteiger partial charge in [0, 0.05) is 31.2 Å². The largest absolute Gasteiger partial charge is 0.385 e. The fourth-order valence-electron chi connectivity index (χ4n) is 2.23. The second-order valence-corrected chi connectivity index (χ2v) is 4.97. The van der Waals surface area contributed by atoms with E-state index in [4.69, 9.17) is 0 Å². The van der Waals surface area contributed by atoms with Gasteiger partial charge in [-0.15, -0.1) is 0 Å². The summed E-state index contributed by atoms with van der Waals surface area (Å²) in [5.41, 5.74) is 2.55. The van der Waals surface area contributed by atoms with Crippen molar-refractivity contribution < 1.29 is 0 Å². The number of rotatable bonds is 3. The van der Waals surface area contributed by atoms with Crippen LogP contribution in [0, 0.1) is 12.8 Å². The van der Waals surface area contributed by atoms with Crippen LogP contribution in [0.4, 0.5) is 5.69 Å². The monoisotopic (exact) mass is 226 g/mol. The lowest BCUT2D eigenvalue weighted by Crippen LogP contribution is -2.45. The Kier molecular flexibility index (Phi) is 2.73. The van der Waals surface area contributed by atoms with Crippen molar-refractivity contribution in [3.63, 3.8) is 0 Å². The molecule has 0 unspecified atom stereocenters. The van der Waals surface area contributed by atoms with Crippen LogP contribution in [-0.4, -0.2) is 19.6 Å². The number of aryl methyl sites for hydroxylation is 1. The first-order valence-electron chi connectivity index (χ1n) is 6.26. The minimum absolute atomic E-state index is 0.795. The molecular weight excluding hydrogens is 208 g/mol. The van der Waals surface area contributed by atoms with Gasteiger partial charge in [-0.3, -0.25) is 0 Å². The van der Waals surface area contributed by atoms with E-state index >= 15 is 0 Å². The Morgan fingerprint density at radius 3 is 2.65 bits per heavy atom. The topological polar surface area (TPSA) is 24.1 Å². The molecule has 1 aliphatic heterocycles. The van der Waals surface area contributed by atoms with Gasteiger partial charge in [0.05, 0.1) is 0 Å². The highest BCUT2D eigenvalue weighted by Crippen LogP contribution is 2.20. The molecule has 88 valence electrons. The van der Waals surface area contributed by atoms with Gasteiger partial charge < -0.3 is 10.6 Å². The molecule has 2 nitrogen and oxygen atoms in total. The Labute approximate surface area is 102 Å². The molecule has 1 saturated heterocycles. The van der Waals surface area contributed by atoms with Gasteiger partial charge in [-0.1, -0.05) is 29.8 Å². The molecule has 2 aromatic carbocycles. The Hall–Kier alpha value is -1.54. The molecule has 1 fully saturated rings. The van der Waals surface area contributed by atoms with Crippen LogP contribution >= 0.6 is 0 Å². The second kappa shape index (κ2) is 4.38. The molecule has 2 heteroatoms. The minimum atomic E-state index is 0.795. The van der Waals surface area contributed by atoms with Gasteiger partial charge in [0.1, 0.15) is 0 Å². The van der Waals surface area contributed by atoms with Gasteiger partial charge in [-0.2, -0.15) is 0 Å². The summed E-state index contributed by atoms with van der Waals surface area (Å²) in [7, 11) is 0. The maximum Gasteiger partial charge on any atom is 0.0346 e. The molecule has 2 N–H and O–H groups in total. The zero-order valence-corrected chi connectivity index (χ0v) is 10.2. The number of hydrogen-bond acceptors (Lipinski definition) is 2. The molecule has 0 saturated carbocycles. The van der Waals surface area contributed by atoms with Gasteiger partial charge in [0.15, 0.2) is 0 Å². The fraction of sp³-hybridized carbons (Fsp3) is 0.333. The van der Waals surface area contributed by atoms with E-state index in [-0.39, 0.29) is 0 Å². The second-order valence-electron chi connectivity index (χ2n) is 4.97. The summed E-state index contributed by atoms with van der Waals surface area (Å²) in [6.07, 6.45) is 0. The van der Waals surface area contributed by atoms with Crippen LogP contribution in [0.15, 0.2) is 36.4 Å². The molecule has 0 bridgehead atoms. The van der Waals surface area contributed by atoms with Crippen molar-refractivity contribution in [1.82, 2.24) is 5.32 Å². The molecule has 0 radical (unpaired) electrons. The van der Waals surface area contributed by atoms with Gasteiger partial charge >= 0.3 is 0 Å². The number of anilines is 1. The Balaban J connectivity index is 1.78. The van der Waals surface area contributed by atoms with Crippen LogP contribution < -0.4 is 10.6 Å². The van der Waals surface area contributed by atoms with E-state index in [0.29, 0.717) is 0 Å². The average molecular weight is 226 g/mol. The third-order valence-electron chi connectivity index (χ3n) is 3.46. The third-order valence-corrected chi connectivity index (χ3v) is 3.46. The van der Waals surface area contributed by atoms with Crippen LogP contribution in [0.1, 0.15) is 5.56 Å². The average Bonchev–Trinajstić information content (AvgIpc) is 2.27. The van der Waals surface area contributed by atoms with Gasteiger partial charge in [0.25, 0.3) is 0 Å². The van der Waals surface area contributed by atoms with E-state index in [2.05, 4.69) is 54.0 Å². The lowest BCUT2D eigenvalue weighted by Gasteiger charge is -2.27. The molecule has 1 aliphatic rings. The smallest absolute Gasteiger partial charge is 0.0346 e. The molecule has 0 atom stereocenters. The van der Waals surface area contributed by atoms with E-state index in [9.17, 15) is 0 Å². The van der Waals surface area contributed by atoms with Crippen molar-refractivity contribution in [2.45, 2.75) is 6.92 Å². The van der Waals surface area contributed by atoms with Crippen molar-refractivity contribution in [3.05, 3.63) is 42.0 Å². The van der Waals surface area contributed by atoms with Crippen LogP contribution in [0.2, 0.25) is 0 Å². The summed E-state index contributed by atoms with van der Waals surface area (Å²) in [6, 6.07) is 13.2. The number of hydrogen-bond donors (Lipinski definition) is 2. The Morgan fingerprint density at radius 1 is 1.12 bits per heavy atom. The summed E-state index contributed by atoms with van der Waals surface area (Å²) in [5.74, 6) is 0.795. The summed E-state index contributed by atoms with van der Waals surface area (Å²) >= 11 is 0. The van der Waals surface area contributed by atoms with Crippen LogP contribution in [0.25, 0.3) is 10.8 Å².